The van der Waals surface area contributed by atoms with Gasteiger partial charge in [-0.25, -0.2) is 0 Å². The predicted octanol–water partition coefficient (Wildman–Crippen LogP) is 2.54. The van der Waals surface area contributed by atoms with Crippen LogP contribution in [0.4, 0.5) is 0 Å². The molecule has 3 N–H and O–H groups in total. The fourth-order valence-corrected chi connectivity index (χ4v) is 3.78. The Morgan fingerprint density at radius 2 is 1.63 bits per heavy atom. The maximum Gasteiger partial charge on any atom is 0.244 e. The van der Waals surface area contributed by atoms with Gasteiger partial charge in [0.15, 0.2) is 5.78 Å². The van der Waals surface area contributed by atoms with Gasteiger partial charge in [0.05, 0.1) is 24.4 Å². The largest absolute Gasteiger partial charge is 0.346 e. The molecule has 4 atom stereocenters. The summed E-state index contributed by atoms with van der Waals surface area (Å²) in [5.74, 6) is -4.71. The Balaban J connectivity index is 2.14. The molecular formula is C27H33N3O5. The highest BCUT2D eigenvalue weighted by atomic mass is 16.2. The smallest absolute Gasteiger partial charge is 0.244 e. The van der Waals surface area contributed by atoms with E-state index in [4.69, 9.17) is 0 Å². The normalized spacial score (nSPS) is 19.9. The third-order valence-corrected chi connectivity index (χ3v) is 5.72. The molecule has 0 aliphatic carbocycles. The van der Waals surface area contributed by atoms with Gasteiger partial charge in [-0.1, -0.05) is 81.5 Å². The molecule has 0 saturated carbocycles. The van der Waals surface area contributed by atoms with Gasteiger partial charge in [0.2, 0.25) is 23.6 Å². The van der Waals surface area contributed by atoms with E-state index in [1.807, 2.05) is 25.1 Å². The van der Waals surface area contributed by atoms with Gasteiger partial charge < -0.3 is 10.6 Å². The lowest BCUT2D eigenvalue weighted by Crippen LogP contribution is -2.49. The minimum Gasteiger partial charge on any atom is -0.346 e. The van der Waals surface area contributed by atoms with E-state index < -0.39 is 47.4 Å². The summed E-state index contributed by atoms with van der Waals surface area (Å²) >= 11 is 0. The van der Waals surface area contributed by atoms with Crippen LogP contribution in [0.25, 0.3) is 0 Å². The summed E-state index contributed by atoms with van der Waals surface area (Å²) in [7, 11) is 0. The summed E-state index contributed by atoms with van der Waals surface area (Å²) in [6.07, 6.45) is 10.0. The lowest BCUT2D eigenvalue weighted by molar-refractivity contribution is -0.137. The molecule has 1 aliphatic heterocycles. The van der Waals surface area contributed by atoms with Crippen LogP contribution < -0.4 is 16.0 Å². The van der Waals surface area contributed by atoms with Crippen LogP contribution in [-0.2, 0) is 24.0 Å². The minimum atomic E-state index is -1.14. The third kappa shape index (κ3) is 7.88. The third-order valence-electron chi connectivity index (χ3n) is 5.72. The molecule has 2 rings (SSSR count). The lowest BCUT2D eigenvalue weighted by atomic mass is 9.85. The van der Waals surface area contributed by atoms with Gasteiger partial charge in [0, 0.05) is 6.08 Å². The van der Waals surface area contributed by atoms with Crippen LogP contribution in [0.1, 0.15) is 45.7 Å². The molecule has 1 aromatic rings. The Morgan fingerprint density at radius 1 is 0.971 bits per heavy atom. The van der Waals surface area contributed by atoms with E-state index in [-0.39, 0.29) is 18.2 Å². The fourth-order valence-electron chi connectivity index (χ4n) is 3.78. The second-order valence-corrected chi connectivity index (χ2v) is 8.76. The van der Waals surface area contributed by atoms with Crippen LogP contribution in [0.3, 0.4) is 0 Å². The summed E-state index contributed by atoms with van der Waals surface area (Å²) in [6.45, 7) is 6.91. The molecule has 4 amide bonds. The Hall–Kier alpha value is -3.81. The van der Waals surface area contributed by atoms with Crippen molar-refractivity contribution < 1.29 is 24.0 Å². The summed E-state index contributed by atoms with van der Waals surface area (Å²) in [5, 5.41) is 7.72. The Labute approximate surface area is 205 Å². The number of rotatable bonds is 11. The number of imide groups is 1. The highest BCUT2D eigenvalue weighted by Crippen LogP contribution is 2.24. The van der Waals surface area contributed by atoms with Crippen molar-refractivity contribution in [2.24, 2.45) is 17.8 Å². The number of hydrogen-bond acceptors (Lipinski definition) is 5. The van der Waals surface area contributed by atoms with Gasteiger partial charge in [-0.05, 0) is 18.4 Å². The molecule has 1 heterocycles. The maximum absolute atomic E-state index is 13.1. The number of nitrogens with one attached hydrogen (secondary N) is 3. The van der Waals surface area contributed by atoms with Gasteiger partial charge in [0.25, 0.3) is 0 Å². The number of carbonyl (C=O) groups is 5. The number of carbonyl (C=O) groups excluding carboxylic acids is 5. The highest BCUT2D eigenvalue weighted by Gasteiger charge is 2.46. The molecular weight excluding hydrogens is 446 g/mol. The SMILES string of the molecule is C/C=C/C=C/C=C/C(=O)N[C@H](CC(=O)N[C@@H](C(=O)[C@H]1C(=O)NC(=O)[C@@H]1C)C(C)C)c1ccccc1. The summed E-state index contributed by atoms with van der Waals surface area (Å²) < 4.78 is 0. The van der Waals surface area contributed by atoms with E-state index in [0.717, 1.165) is 5.56 Å². The van der Waals surface area contributed by atoms with E-state index in [9.17, 15) is 24.0 Å². The molecule has 0 bridgehead atoms. The van der Waals surface area contributed by atoms with Crippen LogP contribution in [0, 0.1) is 17.8 Å². The highest BCUT2D eigenvalue weighted by molar-refractivity contribution is 6.16. The molecule has 8 heteroatoms. The Morgan fingerprint density at radius 3 is 2.20 bits per heavy atom. The Bertz CT molecular complexity index is 1030. The van der Waals surface area contributed by atoms with E-state index in [1.165, 1.54) is 13.0 Å². The monoisotopic (exact) mass is 479 g/mol. The van der Waals surface area contributed by atoms with Gasteiger partial charge in [-0.3, -0.25) is 29.3 Å². The van der Waals surface area contributed by atoms with Crippen LogP contribution in [0.2, 0.25) is 0 Å². The molecule has 35 heavy (non-hydrogen) atoms. The molecule has 1 saturated heterocycles. The van der Waals surface area contributed by atoms with Crippen molar-refractivity contribution in [2.45, 2.75) is 46.2 Å². The second-order valence-electron chi connectivity index (χ2n) is 8.76. The lowest BCUT2D eigenvalue weighted by Gasteiger charge is -2.25. The van der Waals surface area contributed by atoms with Crippen LogP contribution in [-0.4, -0.2) is 35.5 Å². The van der Waals surface area contributed by atoms with Crippen molar-refractivity contribution in [1.29, 1.82) is 0 Å². The average Bonchev–Trinajstić information content (AvgIpc) is 3.07. The van der Waals surface area contributed by atoms with Crippen molar-refractivity contribution in [2.75, 3.05) is 0 Å². The number of ketones is 1. The number of benzene rings is 1. The number of allylic oxidation sites excluding steroid dienone is 5. The first-order valence-corrected chi connectivity index (χ1v) is 11.6. The van der Waals surface area contributed by atoms with Crippen molar-refractivity contribution in [3.8, 4) is 0 Å². The summed E-state index contributed by atoms with van der Waals surface area (Å²) in [5.41, 5.74) is 0.732. The van der Waals surface area contributed by atoms with E-state index in [0.29, 0.717) is 0 Å². The quantitative estimate of drug-likeness (QED) is 0.195. The first kappa shape index (κ1) is 27.4. The van der Waals surface area contributed by atoms with Gasteiger partial charge in [0.1, 0.15) is 5.92 Å². The summed E-state index contributed by atoms with van der Waals surface area (Å²) in [6, 6.07) is 7.46. The van der Waals surface area contributed by atoms with Gasteiger partial charge >= 0.3 is 0 Å². The second kappa shape index (κ2) is 13.2. The molecule has 186 valence electrons. The molecule has 8 nitrogen and oxygen atoms in total. The zero-order chi connectivity index (χ0) is 26.0. The van der Waals surface area contributed by atoms with E-state index in [1.54, 1.807) is 56.3 Å². The fraction of sp³-hybridized carbons (Fsp3) is 0.370. The standard InChI is InChI=1S/C27H33N3O5/c1-5-6-7-8-12-15-21(31)28-20(19-13-10-9-11-14-19)16-22(32)29-24(17(2)3)25(33)23-18(4)26(34)30-27(23)35/h5-15,17-18,20,23-24H,16H2,1-4H3,(H,28,31)(H,29,32)(H,30,34,35)/b6-5+,8-7+,15-12+/t18-,20-,23+,24-/m1/s1. The van der Waals surface area contributed by atoms with Crippen molar-refractivity contribution in [1.82, 2.24) is 16.0 Å². The zero-order valence-electron chi connectivity index (χ0n) is 20.5. The van der Waals surface area contributed by atoms with Crippen LogP contribution in [0.15, 0.2) is 66.8 Å². The van der Waals surface area contributed by atoms with Crippen LogP contribution in [0.5, 0.6) is 0 Å². The maximum atomic E-state index is 13.1. The molecule has 1 fully saturated rings. The molecule has 0 radical (unpaired) electrons. The first-order chi connectivity index (χ1) is 16.6. The zero-order valence-corrected chi connectivity index (χ0v) is 20.5. The van der Waals surface area contributed by atoms with Crippen LogP contribution >= 0.6 is 0 Å². The number of hydrogen-bond donors (Lipinski definition) is 3. The van der Waals surface area contributed by atoms with Crippen molar-refractivity contribution in [3.63, 3.8) is 0 Å². The number of amides is 4. The van der Waals surface area contributed by atoms with Crippen molar-refractivity contribution >= 4 is 29.4 Å². The van der Waals surface area contributed by atoms with Crippen molar-refractivity contribution in [3.05, 3.63) is 72.4 Å². The van der Waals surface area contributed by atoms with E-state index in [2.05, 4.69) is 16.0 Å². The first-order valence-electron chi connectivity index (χ1n) is 11.6. The molecule has 0 spiro atoms. The molecule has 1 aliphatic rings. The van der Waals surface area contributed by atoms with Gasteiger partial charge in [-0.2, -0.15) is 0 Å². The molecule has 1 aromatic carbocycles. The topological polar surface area (TPSA) is 121 Å². The number of Topliss-reactive ketones (excluding diaryl/α,β-unsaturated/α-hetero) is 1. The summed E-state index contributed by atoms with van der Waals surface area (Å²) in [4.78, 5) is 62.5. The van der Waals surface area contributed by atoms with E-state index >= 15 is 0 Å². The minimum absolute atomic E-state index is 0.111. The predicted molar refractivity (Wildman–Crippen MR) is 133 cm³/mol. The molecule has 0 unspecified atom stereocenters. The average molecular weight is 480 g/mol. The Kier molecular flexibility index (Phi) is 10.3. The molecule has 0 aromatic heterocycles. The van der Waals surface area contributed by atoms with Gasteiger partial charge in [-0.15, -0.1) is 0 Å².